The molecule has 0 unspecified atom stereocenters. The zero-order valence-electron chi connectivity index (χ0n) is 9.31. The maximum Gasteiger partial charge on any atom is 0.250 e. The molecule has 0 saturated heterocycles. The second-order valence-electron chi connectivity index (χ2n) is 3.56. The molecule has 3 heteroatoms. The highest BCUT2D eigenvalue weighted by Gasteiger charge is 2.05. The van der Waals surface area contributed by atoms with Crippen molar-refractivity contribution in [2.45, 2.75) is 0 Å². The molecule has 1 heterocycles. The molecular weight excluding hydrogens is 202 g/mol. The third kappa shape index (κ3) is 1.84. The Bertz CT molecular complexity index is 558. The van der Waals surface area contributed by atoms with Gasteiger partial charge < -0.3 is 9.30 Å². The van der Waals surface area contributed by atoms with E-state index in [0.29, 0.717) is 0 Å². The van der Waals surface area contributed by atoms with E-state index < -0.39 is 0 Å². The lowest BCUT2D eigenvalue weighted by Gasteiger charge is -2.08. The molecule has 0 aliphatic rings. The molecule has 2 aromatic rings. The molecule has 1 aromatic heterocycles. The van der Waals surface area contributed by atoms with Gasteiger partial charge in [-0.25, -0.2) is 0 Å². The Morgan fingerprint density at radius 3 is 2.62 bits per heavy atom. The summed E-state index contributed by atoms with van der Waals surface area (Å²) in [4.78, 5) is 11.5. The molecule has 0 fully saturated rings. The lowest BCUT2D eigenvalue weighted by molar-refractivity contribution is 0.416. The number of nitrogens with zero attached hydrogens (tertiary/aromatic N) is 1. The van der Waals surface area contributed by atoms with Crippen molar-refractivity contribution in [3.8, 4) is 16.9 Å². The number of aromatic nitrogens is 1. The van der Waals surface area contributed by atoms with Crippen molar-refractivity contribution in [1.82, 2.24) is 4.57 Å². The molecule has 0 atom stereocenters. The number of hydrogen-bond donors (Lipinski definition) is 0. The number of hydrogen-bond acceptors (Lipinski definition) is 2. The topological polar surface area (TPSA) is 31.2 Å². The fourth-order valence-corrected chi connectivity index (χ4v) is 1.60. The highest BCUT2D eigenvalue weighted by atomic mass is 16.5. The van der Waals surface area contributed by atoms with Gasteiger partial charge in [-0.2, -0.15) is 0 Å². The maximum atomic E-state index is 11.5. The molecule has 0 bridgehead atoms. The van der Waals surface area contributed by atoms with E-state index in [1.165, 1.54) is 0 Å². The predicted octanol–water partition coefficient (Wildman–Crippen LogP) is 2.06. The monoisotopic (exact) mass is 215 g/mol. The number of aryl methyl sites for hydroxylation is 1. The Hall–Kier alpha value is -2.03. The molecule has 2 rings (SSSR count). The smallest absolute Gasteiger partial charge is 0.250 e. The third-order valence-electron chi connectivity index (χ3n) is 2.52. The van der Waals surface area contributed by atoms with E-state index in [9.17, 15) is 4.79 Å². The van der Waals surface area contributed by atoms with Crippen LogP contribution < -0.4 is 10.3 Å². The average Bonchev–Trinajstić information content (AvgIpc) is 2.32. The summed E-state index contributed by atoms with van der Waals surface area (Å²) in [5.74, 6) is 0.774. The molecule has 82 valence electrons. The van der Waals surface area contributed by atoms with Gasteiger partial charge in [0.25, 0.3) is 5.56 Å². The fraction of sp³-hybridized carbons (Fsp3) is 0.154. The Kier molecular flexibility index (Phi) is 2.77. The lowest BCUT2D eigenvalue weighted by atomic mass is 10.1. The second-order valence-corrected chi connectivity index (χ2v) is 3.56. The van der Waals surface area contributed by atoms with Gasteiger partial charge in [-0.05, 0) is 17.7 Å². The normalized spacial score (nSPS) is 10.1. The van der Waals surface area contributed by atoms with Gasteiger partial charge in [0.15, 0.2) is 0 Å². The summed E-state index contributed by atoms with van der Waals surface area (Å²) >= 11 is 0. The van der Waals surface area contributed by atoms with Crippen LogP contribution in [-0.4, -0.2) is 11.7 Å². The largest absolute Gasteiger partial charge is 0.496 e. The molecule has 0 amide bonds. The van der Waals surface area contributed by atoms with Crippen molar-refractivity contribution in [3.05, 3.63) is 52.9 Å². The van der Waals surface area contributed by atoms with Crippen LogP contribution in [0.1, 0.15) is 0 Å². The van der Waals surface area contributed by atoms with Crippen molar-refractivity contribution in [2.24, 2.45) is 7.05 Å². The molecule has 0 aliphatic heterocycles. The summed E-state index contributed by atoms with van der Waals surface area (Å²) < 4.78 is 6.80. The summed E-state index contributed by atoms with van der Waals surface area (Å²) in [6.07, 6.45) is 1.75. The zero-order valence-corrected chi connectivity index (χ0v) is 9.31. The van der Waals surface area contributed by atoms with E-state index in [4.69, 9.17) is 4.74 Å². The Labute approximate surface area is 93.9 Å². The van der Waals surface area contributed by atoms with Crippen molar-refractivity contribution in [1.29, 1.82) is 0 Å². The van der Waals surface area contributed by atoms with Crippen molar-refractivity contribution >= 4 is 0 Å². The minimum Gasteiger partial charge on any atom is -0.496 e. The van der Waals surface area contributed by atoms with Gasteiger partial charge in [-0.3, -0.25) is 4.79 Å². The molecule has 0 saturated carbocycles. The first-order valence-electron chi connectivity index (χ1n) is 5.02. The first kappa shape index (κ1) is 10.5. The van der Waals surface area contributed by atoms with Gasteiger partial charge >= 0.3 is 0 Å². The number of benzene rings is 1. The SMILES string of the molecule is COc1ccccc1-c1ccn(C)c(=O)c1. The molecule has 1 aromatic carbocycles. The Balaban J connectivity index is 2.58. The second kappa shape index (κ2) is 4.23. The van der Waals surface area contributed by atoms with Crippen LogP contribution in [0.5, 0.6) is 5.75 Å². The standard InChI is InChI=1S/C13H13NO2/c1-14-8-7-10(9-13(14)15)11-5-3-4-6-12(11)16-2/h3-9H,1-2H3. The van der Waals surface area contributed by atoms with Crippen LogP contribution in [0.3, 0.4) is 0 Å². The van der Waals surface area contributed by atoms with Crippen LogP contribution in [0.15, 0.2) is 47.4 Å². The van der Waals surface area contributed by atoms with Crippen LogP contribution in [0.4, 0.5) is 0 Å². The molecule has 16 heavy (non-hydrogen) atoms. The van der Waals surface area contributed by atoms with Crippen LogP contribution in [0.2, 0.25) is 0 Å². The van der Waals surface area contributed by atoms with Gasteiger partial charge in [-0.1, -0.05) is 18.2 Å². The Morgan fingerprint density at radius 1 is 1.19 bits per heavy atom. The summed E-state index contributed by atoms with van der Waals surface area (Å²) in [6, 6.07) is 11.2. The third-order valence-corrected chi connectivity index (χ3v) is 2.52. The number of pyridine rings is 1. The molecular formula is C13H13NO2. The van der Waals surface area contributed by atoms with Crippen molar-refractivity contribution in [2.75, 3.05) is 7.11 Å². The van der Waals surface area contributed by atoms with E-state index in [-0.39, 0.29) is 5.56 Å². The van der Waals surface area contributed by atoms with E-state index in [1.54, 1.807) is 31.0 Å². The van der Waals surface area contributed by atoms with Gasteiger partial charge in [-0.15, -0.1) is 0 Å². The van der Waals surface area contributed by atoms with Crippen LogP contribution in [-0.2, 0) is 7.05 Å². The fourth-order valence-electron chi connectivity index (χ4n) is 1.60. The van der Waals surface area contributed by atoms with E-state index in [1.807, 2.05) is 30.3 Å². The van der Waals surface area contributed by atoms with Crippen molar-refractivity contribution in [3.63, 3.8) is 0 Å². The van der Waals surface area contributed by atoms with Gasteiger partial charge in [0.2, 0.25) is 0 Å². The first-order chi connectivity index (χ1) is 7.72. The number of para-hydroxylation sites is 1. The molecule has 3 nitrogen and oxygen atoms in total. The number of ether oxygens (including phenoxy) is 1. The predicted molar refractivity (Wildman–Crippen MR) is 63.7 cm³/mol. The highest BCUT2D eigenvalue weighted by molar-refractivity contribution is 5.69. The van der Waals surface area contributed by atoms with Gasteiger partial charge in [0, 0.05) is 24.9 Å². The van der Waals surface area contributed by atoms with Crippen molar-refractivity contribution < 1.29 is 4.74 Å². The van der Waals surface area contributed by atoms with Crippen LogP contribution in [0.25, 0.3) is 11.1 Å². The average molecular weight is 215 g/mol. The van der Waals surface area contributed by atoms with Gasteiger partial charge in [0.05, 0.1) is 7.11 Å². The lowest BCUT2D eigenvalue weighted by Crippen LogP contribution is -2.14. The first-order valence-corrected chi connectivity index (χ1v) is 5.02. The quantitative estimate of drug-likeness (QED) is 0.767. The summed E-state index contributed by atoms with van der Waals surface area (Å²) in [7, 11) is 3.36. The maximum absolute atomic E-state index is 11.5. The zero-order chi connectivity index (χ0) is 11.5. The molecule has 0 N–H and O–H groups in total. The molecule has 0 aliphatic carbocycles. The summed E-state index contributed by atoms with van der Waals surface area (Å²) in [5, 5.41) is 0. The van der Waals surface area contributed by atoms with E-state index >= 15 is 0 Å². The minimum atomic E-state index is -0.0246. The molecule has 0 radical (unpaired) electrons. The summed E-state index contributed by atoms with van der Waals surface area (Å²) in [5.41, 5.74) is 1.78. The van der Waals surface area contributed by atoms with Gasteiger partial charge in [0.1, 0.15) is 5.75 Å². The van der Waals surface area contributed by atoms with Crippen LogP contribution >= 0.6 is 0 Å². The molecule has 0 spiro atoms. The highest BCUT2D eigenvalue weighted by Crippen LogP contribution is 2.28. The minimum absolute atomic E-state index is 0.0246. The van der Waals surface area contributed by atoms with E-state index in [2.05, 4.69) is 0 Å². The number of methoxy groups -OCH3 is 1. The van der Waals surface area contributed by atoms with Crippen LogP contribution in [0, 0.1) is 0 Å². The number of rotatable bonds is 2. The summed E-state index contributed by atoms with van der Waals surface area (Å²) in [6.45, 7) is 0. The van der Waals surface area contributed by atoms with E-state index in [0.717, 1.165) is 16.9 Å². The Morgan fingerprint density at radius 2 is 1.94 bits per heavy atom.